The van der Waals surface area contributed by atoms with Crippen LogP contribution in [-0.2, 0) is 10.0 Å². The molecule has 1 aromatic carbocycles. The molecule has 2 unspecified atom stereocenters. The molecule has 0 aromatic heterocycles. The fraction of sp³-hybridized carbons (Fsp3) is 0.571. The van der Waals surface area contributed by atoms with Crippen LogP contribution in [0.4, 0.5) is 11.4 Å². The van der Waals surface area contributed by atoms with Gasteiger partial charge in [0, 0.05) is 18.0 Å². The van der Waals surface area contributed by atoms with Gasteiger partial charge in [0.05, 0.1) is 22.4 Å². The molecule has 2 rings (SSSR count). The van der Waals surface area contributed by atoms with E-state index in [1.165, 1.54) is 12.1 Å². The summed E-state index contributed by atoms with van der Waals surface area (Å²) in [5, 5.41) is 13.0. The van der Waals surface area contributed by atoms with Gasteiger partial charge in [-0.05, 0) is 24.6 Å². The molecule has 0 radical (unpaired) electrons. The normalized spacial score (nSPS) is 24.4. The minimum absolute atomic E-state index is 0.0619. The van der Waals surface area contributed by atoms with Crippen LogP contribution >= 0.6 is 0 Å². The lowest BCUT2D eigenvalue weighted by Gasteiger charge is -2.50. The summed E-state index contributed by atoms with van der Waals surface area (Å²) in [4.78, 5) is 0.179. The first-order valence-corrected chi connectivity index (χ1v) is 8.50. The number of aliphatic hydroxyl groups is 1. The molecule has 2 atom stereocenters. The van der Waals surface area contributed by atoms with Crippen LogP contribution in [0.15, 0.2) is 23.1 Å². The Bertz CT molecular complexity index is 628. The second-order valence-corrected chi connectivity index (χ2v) is 7.79. The fourth-order valence-electron chi connectivity index (χ4n) is 2.44. The topological polar surface area (TPSA) is 104 Å². The summed E-state index contributed by atoms with van der Waals surface area (Å²) >= 11 is 0. The van der Waals surface area contributed by atoms with Crippen molar-refractivity contribution in [3.05, 3.63) is 18.2 Å². The molecule has 0 heterocycles. The number of hydrogen-bond donors (Lipinski definition) is 4. The molecule has 6 nitrogen and oxygen atoms in total. The van der Waals surface area contributed by atoms with Crippen LogP contribution < -0.4 is 15.8 Å². The average Bonchev–Trinajstić information content (AvgIpc) is 2.40. The Kier molecular flexibility index (Phi) is 4.19. The van der Waals surface area contributed by atoms with Crippen LogP contribution in [0.3, 0.4) is 0 Å². The van der Waals surface area contributed by atoms with Crippen LogP contribution in [0.5, 0.6) is 0 Å². The predicted octanol–water partition coefficient (Wildman–Crippen LogP) is 1.14. The number of aliphatic hydroxyl groups excluding tert-OH is 1. The van der Waals surface area contributed by atoms with E-state index in [-0.39, 0.29) is 22.5 Å². The Labute approximate surface area is 125 Å². The highest BCUT2D eigenvalue weighted by atomic mass is 32.2. The average molecular weight is 313 g/mol. The minimum atomic E-state index is -3.51. The van der Waals surface area contributed by atoms with E-state index in [0.29, 0.717) is 24.3 Å². The van der Waals surface area contributed by atoms with Gasteiger partial charge in [0.2, 0.25) is 10.0 Å². The Morgan fingerprint density at radius 1 is 1.43 bits per heavy atom. The number of nitrogens with two attached hydrogens (primary N) is 1. The van der Waals surface area contributed by atoms with Gasteiger partial charge in [-0.1, -0.05) is 20.8 Å². The highest BCUT2D eigenvalue weighted by molar-refractivity contribution is 7.89. The van der Waals surface area contributed by atoms with Crippen molar-refractivity contribution >= 4 is 21.4 Å². The molecular weight excluding hydrogens is 290 g/mol. The lowest BCUT2D eigenvalue weighted by molar-refractivity contribution is -0.0510. The highest BCUT2D eigenvalue weighted by Gasteiger charge is 2.47. The fourth-order valence-corrected chi connectivity index (χ4v) is 3.50. The summed E-state index contributed by atoms with van der Waals surface area (Å²) in [7, 11) is -3.51. The van der Waals surface area contributed by atoms with Crippen molar-refractivity contribution in [1.29, 1.82) is 0 Å². The Morgan fingerprint density at radius 3 is 2.62 bits per heavy atom. The Hall–Kier alpha value is -1.31. The molecule has 21 heavy (non-hydrogen) atoms. The van der Waals surface area contributed by atoms with Crippen LogP contribution in [0.2, 0.25) is 0 Å². The summed E-state index contributed by atoms with van der Waals surface area (Å²) < 4.78 is 26.5. The van der Waals surface area contributed by atoms with Gasteiger partial charge in [0.15, 0.2) is 0 Å². The van der Waals surface area contributed by atoms with Crippen molar-refractivity contribution in [3.8, 4) is 0 Å². The van der Waals surface area contributed by atoms with Crippen LogP contribution in [-0.4, -0.2) is 32.2 Å². The molecule has 1 fully saturated rings. The number of benzene rings is 1. The molecule has 1 saturated carbocycles. The van der Waals surface area contributed by atoms with Crippen molar-refractivity contribution in [2.45, 2.75) is 44.2 Å². The molecule has 1 aliphatic carbocycles. The van der Waals surface area contributed by atoms with E-state index in [9.17, 15) is 13.5 Å². The second-order valence-electron chi connectivity index (χ2n) is 6.02. The lowest BCUT2D eigenvalue weighted by atomic mass is 9.64. The lowest BCUT2D eigenvalue weighted by Crippen LogP contribution is -2.56. The largest absolute Gasteiger partial charge is 0.397 e. The maximum atomic E-state index is 12.0. The van der Waals surface area contributed by atoms with Gasteiger partial charge in [0.1, 0.15) is 0 Å². The third kappa shape index (κ3) is 3.00. The smallest absolute Gasteiger partial charge is 0.240 e. The molecule has 118 valence electrons. The summed E-state index contributed by atoms with van der Waals surface area (Å²) in [5.41, 5.74) is 6.73. The number of hydrogen-bond acceptors (Lipinski definition) is 5. The van der Waals surface area contributed by atoms with Gasteiger partial charge in [-0.2, -0.15) is 0 Å². The first-order valence-electron chi connectivity index (χ1n) is 7.02. The van der Waals surface area contributed by atoms with E-state index in [0.717, 1.165) is 0 Å². The summed E-state index contributed by atoms with van der Waals surface area (Å²) in [6, 6.07) is 4.66. The standard InChI is InChI=1S/C14H23N3O3S/c1-4-16-21(19,20)9-5-6-10(15)11(7-9)17-12-8-13(18)14(12,2)3/h5-7,12-13,16-18H,4,8,15H2,1-3H3. The maximum Gasteiger partial charge on any atom is 0.240 e. The molecule has 0 saturated heterocycles. The second kappa shape index (κ2) is 5.47. The molecular formula is C14H23N3O3S. The van der Waals surface area contributed by atoms with Crippen molar-refractivity contribution in [2.24, 2.45) is 5.41 Å². The van der Waals surface area contributed by atoms with Crippen LogP contribution in [0.25, 0.3) is 0 Å². The van der Waals surface area contributed by atoms with E-state index in [1.807, 2.05) is 13.8 Å². The molecule has 5 N–H and O–H groups in total. The van der Waals surface area contributed by atoms with E-state index in [1.54, 1.807) is 13.0 Å². The first kappa shape index (κ1) is 16.1. The summed E-state index contributed by atoms with van der Waals surface area (Å²) in [6.45, 7) is 5.99. The number of sulfonamides is 1. The SMILES string of the molecule is CCNS(=O)(=O)c1ccc(N)c(NC2CC(O)C2(C)C)c1. The summed E-state index contributed by atoms with van der Waals surface area (Å²) in [6.07, 6.45) is 0.265. The van der Waals surface area contributed by atoms with Crippen molar-refractivity contribution in [1.82, 2.24) is 4.72 Å². The maximum absolute atomic E-state index is 12.0. The number of nitrogens with one attached hydrogen (secondary N) is 2. The molecule has 1 aliphatic rings. The third-order valence-electron chi connectivity index (χ3n) is 4.22. The van der Waals surface area contributed by atoms with Gasteiger partial charge in [0.25, 0.3) is 0 Å². The monoisotopic (exact) mass is 313 g/mol. The van der Waals surface area contributed by atoms with Gasteiger partial charge in [-0.3, -0.25) is 0 Å². The highest BCUT2D eigenvalue weighted by Crippen LogP contribution is 2.43. The molecule has 1 aromatic rings. The number of nitrogen functional groups attached to an aromatic ring is 1. The predicted molar refractivity (Wildman–Crippen MR) is 83.5 cm³/mol. The van der Waals surface area contributed by atoms with E-state index < -0.39 is 10.0 Å². The zero-order valence-corrected chi connectivity index (χ0v) is 13.4. The molecule has 7 heteroatoms. The first-order chi connectivity index (χ1) is 9.68. The van der Waals surface area contributed by atoms with Gasteiger partial charge in [-0.15, -0.1) is 0 Å². The third-order valence-corrected chi connectivity index (χ3v) is 5.76. The number of rotatable bonds is 5. The van der Waals surface area contributed by atoms with Gasteiger partial charge < -0.3 is 16.2 Å². The molecule has 0 bridgehead atoms. The van der Waals surface area contributed by atoms with Crippen molar-refractivity contribution in [2.75, 3.05) is 17.6 Å². The van der Waals surface area contributed by atoms with Crippen molar-refractivity contribution in [3.63, 3.8) is 0 Å². The minimum Gasteiger partial charge on any atom is -0.397 e. The van der Waals surface area contributed by atoms with E-state index in [2.05, 4.69) is 10.0 Å². The van der Waals surface area contributed by atoms with Crippen LogP contribution in [0.1, 0.15) is 27.2 Å². The zero-order chi connectivity index (χ0) is 15.8. The molecule has 0 spiro atoms. The zero-order valence-electron chi connectivity index (χ0n) is 12.6. The Morgan fingerprint density at radius 2 is 2.10 bits per heavy atom. The van der Waals surface area contributed by atoms with Gasteiger partial charge in [-0.25, -0.2) is 13.1 Å². The van der Waals surface area contributed by atoms with Gasteiger partial charge >= 0.3 is 0 Å². The van der Waals surface area contributed by atoms with E-state index in [4.69, 9.17) is 5.73 Å². The molecule has 0 amide bonds. The quantitative estimate of drug-likeness (QED) is 0.610. The Balaban J connectivity index is 2.25. The van der Waals surface area contributed by atoms with Crippen LogP contribution in [0, 0.1) is 5.41 Å². The molecule has 0 aliphatic heterocycles. The van der Waals surface area contributed by atoms with E-state index >= 15 is 0 Å². The summed E-state index contributed by atoms with van der Waals surface area (Å²) in [5.74, 6) is 0. The van der Waals surface area contributed by atoms with Crippen molar-refractivity contribution < 1.29 is 13.5 Å². The number of anilines is 2.